The first kappa shape index (κ1) is 47.3. The van der Waals surface area contributed by atoms with Crippen LogP contribution in [-0.2, 0) is 20.1 Å². The van der Waals surface area contributed by atoms with Gasteiger partial charge in [0.15, 0.2) is 0 Å². The van der Waals surface area contributed by atoms with Gasteiger partial charge in [0.25, 0.3) is 0 Å². The topological polar surface area (TPSA) is 48.0 Å². The van der Waals surface area contributed by atoms with Crippen LogP contribution >= 0.6 is 0 Å². The first-order chi connectivity index (χ1) is 30.2. The molecule has 3 heterocycles. The second-order valence-electron chi connectivity index (χ2n) is 17.2. The molecule has 0 amide bonds. The van der Waals surface area contributed by atoms with Crippen molar-refractivity contribution in [3.8, 4) is 34.2 Å². The predicted octanol–water partition coefficient (Wildman–Crippen LogP) is 14.0. The van der Waals surface area contributed by atoms with E-state index in [0.717, 1.165) is 34.1 Å². The Hall–Kier alpha value is -6.20. The maximum atomic E-state index is 4.60. The number of aliphatic imine (C=N–C) groups is 1. The smallest absolute Gasteiger partial charge is 0.340 e. The number of hydrogen-bond donors (Lipinski definition) is 0. The Bertz CT molecular complexity index is 2740. The number of rotatable bonds is 6. The molecule has 0 aliphatic carbocycles. The molecule has 0 bridgehead atoms. The number of nitrogens with zero attached hydrogens (tertiary/aromatic N) is 5. The van der Waals surface area contributed by atoms with Crippen LogP contribution in [0.5, 0.6) is 0 Å². The summed E-state index contributed by atoms with van der Waals surface area (Å²) in [6, 6.07) is 42.0. The first-order valence-corrected chi connectivity index (χ1v) is 21.7. The van der Waals surface area contributed by atoms with Crippen molar-refractivity contribution in [1.29, 1.82) is 0 Å². The summed E-state index contributed by atoms with van der Waals surface area (Å²) >= 11 is 0. The third-order valence-corrected chi connectivity index (χ3v) is 11.5. The van der Waals surface area contributed by atoms with Crippen LogP contribution in [0.15, 0.2) is 133 Å². The number of hydrogen-bond acceptors (Lipinski definition) is 3. The minimum atomic E-state index is 0. The monoisotopic (exact) mass is 1020 g/mol. The van der Waals surface area contributed by atoms with Gasteiger partial charge in [-0.25, -0.2) is 0 Å². The van der Waals surface area contributed by atoms with Crippen molar-refractivity contribution in [2.45, 2.75) is 89.0 Å². The van der Waals surface area contributed by atoms with E-state index in [1.165, 1.54) is 83.7 Å². The third kappa shape index (κ3) is 10.6. The maximum Gasteiger partial charge on any atom is 3.00 e. The Morgan fingerprint density at radius 3 is 1.16 bits per heavy atom. The molecule has 2 aromatic heterocycles. The van der Waals surface area contributed by atoms with E-state index in [4.69, 9.17) is 0 Å². The summed E-state index contributed by atoms with van der Waals surface area (Å²) in [6.07, 6.45) is 11.9. The molecule has 0 saturated heterocycles. The van der Waals surface area contributed by atoms with Gasteiger partial charge in [-0.05, 0) is 107 Å². The molecule has 1 atom stereocenters. The van der Waals surface area contributed by atoms with Gasteiger partial charge in [-0.3, -0.25) is 9.97 Å². The van der Waals surface area contributed by atoms with Crippen molar-refractivity contribution < 1.29 is 20.1 Å². The largest absolute Gasteiger partial charge is 3.00 e. The standard InChI is InChI=1S/C20H20N.2C19H19N2.Ir/c1-13-5-7-17(8-6-13)20-18(9-10-21-20)19-15(3)11-14(2)12-16(19)4;2*1-13-5-7-17(8-6-13)19-20-9-10-21(19)18-15(3)11-14(2)12-16(18)4;/h5-7,9-12,18H,1-4H3;2*5-7,9-12H,1-4H3;/q3*-1;+3. The maximum absolute atomic E-state index is 4.60. The summed E-state index contributed by atoms with van der Waals surface area (Å²) in [5.41, 5.74) is 23.3. The average Bonchev–Trinajstić information content (AvgIpc) is 4.01. The Morgan fingerprint density at radius 2 is 0.797 bits per heavy atom. The molecule has 0 saturated carbocycles. The van der Waals surface area contributed by atoms with E-state index in [0.29, 0.717) is 0 Å². The first-order valence-electron chi connectivity index (χ1n) is 21.7. The number of aryl methyl sites for hydroxylation is 12. The fourth-order valence-corrected chi connectivity index (χ4v) is 8.95. The summed E-state index contributed by atoms with van der Waals surface area (Å²) in [7, 11) is 0. The summed E-state index contributed by atoms with van der Waals surface area (Å²) in [5.74, 6) is 2.11. The summed E-state index contributed by atoms with van der Waals surface area (Å²) in [4.78, 5) is 13.7. The second-order valence-corrected chi connectivity index (χ2v) is 17.2. The van der Waals surface area contributed by atoms with Crippen molar-refractivity contribution in [2.75, 3.05) is 0 Å². The van der Waals surface area contributed by atoms with Gasteiger partial charge in [0.05, 0.1) is 11.6 Å². The van der Waals surface area contributed by atoms with E-state index in [-0.39, 0.29) is 26.0 Å². The number of benzene rings is 6. The SMILES string of the molecule is Cc1c[c-]c(-c2nccn2-c2c(C)cc(C)cc2C)cc1.Cc1c[c-]c(-c2nccn2-c2c(C)cc(C)cc2C)cc1.Cc1c[c-]c(C2=NC=CC2c2c(C)cc(C)cc2C)cc1.[Ir+3]. The molecule has 0 N–H and O–H groups in total. The van der Waals surface area contributed by atoms with E-state index >= 15 is 0 Å². The molecule has 0 spiro atoms. The molecule has 8 aromatic rings. The van der Waals surface area contributed by atoms with Gasteiger partial charge in [-0.2, -0.15) is 0 Å². The number of allylic oxidation sites excluding steroid dienone is 1. The molecule has 6 aromatic carbocycles. The van der Waals surface area contributed by atoms with E-state index < -0.39 is 0 Å². The zero-order valence-electron chi connectivity index (χ0n) is 39.3. The van der Waals surface area contributed by atoms with E-state index in [2.05, 4.69) is 204 Å². The van der Waals surface area contributed by atoms with Crippen LogP contribution in [0.3, 0.4) is 0 Å². The predicted molar refractivity (Wildman–Crippen MR) is 263 cm³/mol. The Morgan fingerprint density at radius 1 is 0.438 bits per heavy atom. The molecule has 324 valence electrons. The van der Waals surface area contributed by atoms with Crippen LogP contribution in [0.25, 0.3) is 34.2 Å². The van der Waals surface area contributed by atoms with Crippen molar-refractivity contribution in [3.05, 3.63) is 224 Å². The van der Waals surface area contributed by atoms with Crippen LogP contribution in [0, 0.1) is 101 Å². The molecule has 5 nitrogen and oxygen atoms in total. The van der Waals surface area contributed by atoms with Gasteiger partial charge in [-0.15, -0.1) is 106 Å². The summed E-state index contributed by atoms with van der Waals surface area (Å²) in [5, 5.41) is 0. The zero-order valence-corrected chi connectivity index (χ0v) is 41.7. The van der Waals surface area contributed by atoms with Gasteiger partial charge < -0.3 is 14.1 Å². The Balaban J connectivity index is 0.000000158. The van der Waals surface area contributed by atoms with Crippen LogP contribution in [0.4, 0.5) is 0 Å². The fourth-order valence-electron chi connectivity index (χ4n) is 8.95. The van der Waals surface area contributed by atoms with E-state index in [1.807, 2.05) is 49.2 Å². The molecule has 1 aliphatic rings. The van der Waals surface area contributed by atoms with Crippen LogP contribution in [0.1, 0.15) is 83.8 Å². The average molecular weight is 1020 g/mol. The van der Waals surface area contributed by atoms with Gasteiger partial charge in [0.2, 0.25) is 0 Å². The zero-order chi connectivity index (χ0) is 44.9. The number of imidazole rings is 2. The molecule has 9 rings (SSSR count). The normalized spacial score (nSPS) is 12.8. The van der Waals surface area contributed by atoms with Gasteiger partial charge in [0.1, 0.15) is 0 Å². The molecule has 0 radical (unpaired) electrons. The minimum absolute atomic E-state index is 0. The van der Waals surface area contributed by atoms with Crippen molar-refractivity contribution >= 4 is 5.71 Å². The van der Waals surface area contributed by atoms with Crippen molar-refractivity contribution in [1.82, 2.24) is 19.1 Å². The van der Waals surface area contributed by atoms with Gasteiger partial charge in [-0.1, -0.05) is 79.9 Å². The third-order valence-electron chi connectivity index (χ3n) is 11.5. The van der Waals surface area contributed by atoms with Crippen LogP contribution in [0.2, 0.25) is 0 Å². The molecule has 6 heteroatoms. The number of aromatic nitrogens is 4. The Kier molecular flexibility index (Phi) is 15.2. The van der Waals surface area contributed by atoms with Gasteiger partial charge in [0, 0.05) is 48.3 Å². The quantitative estimate of drug-likeness (QED) is 0.156. The summed E-state index contributed by atoms with van der Waals surface area (Å²) in [6.45, 7) is 25.6. The molecule has 1 unspecified atom stereocenters. The van der Waals surface area contributed by atoms with Gasteiger partial charge >= 0.3 is 20.1 Å². The van der Waals surface area contributed by atoms with Crippen LogP contribution < -0.4 is 0 Å². The molecule has 0 fully saturated rings. The van der Waals surface area contributed by atoms with Crippen LogP contribution in [-0.4, -0.2) is 24.8 Å². The van der Waals surface area contributed by atoms with E-state index in [9.17, 15) is 0 Å². The molecule has 64 heavy (non-hydrogen) atoms. The molecule has 1 aliphatic heterocycles. The fraction of sp³-hybridized carbons (Fsp3) is 0.224. The summed E-state index contributed by atoms with van der Waals surface area (Å²) < 4.78 is 4.32. The van der Waals surface area contributed by atoms with Crippen molar-refractivity contribution in [3.63, 3.8) is 0 Å². The molecular formula is C58H58IrN5. The van der Waals surface area contributed by atoms with Crippen molar-refractivity contribution in [2.24, 2.45) is 4.99 Å². The molecular weight excluding hydrogens is 959 g/mol. The Labute approximate surface area is 395 Å². The van der Waals surface area contributed by atoms with E-state index in [1.54, 1.807) is 0 Å². The second kappa shape index (κ2) is 20.5. The minimum Gasteiger partial charge on any atom is -0.340 e.